The number of rotatable bonds is 5. The molecule has 0 amide bonds. The van der Waals surface area contributed by atoms with E-state index in [0.717, 1.165) is 0 Å². The summed E-state index contributed by atoms with van der Waals surface area (Å²) in [6.45, 7) is 3.01. The molecule has 0 bridgehead atoms. The minimum Gasteiger partial charge on any atom is -0.497 e. The van der Waals surface area contributed by atoms with E-state index in [9.17, 15) is 13.5 Å². The third kappa shape index (κ3) is 2.87. The molecule has 6 heteroatoms. The molecule has 0 aromatic heterocycles. The third-order valence-electron chi connectivity index (χ3n) is 2.91. The number of ether oxygens (including phenoxy) is 1. The Morgan fingerprint density at radius 1 is 1.39 bits per heavy atom. The van der Waals surface area contributed by atoms with Crippen molar-refractivity contribution >= 4 is 25.8 Å². The maximum Gasteiger partial charge on any atom is 0.168 e. The first-order chi connectivity index (χ1) is 8.26. The second-order valence-electron chi connectivity index (χ2n) is 4.07. The Bertz CT molecular complexity index is 493. The van der Waals surface area contributed by atoms with E-state index in [1.807, 2.05) is 0 Å². The van der Waals surface area contributed by atoms with E-state index in [2.05, 4.69) is 15.9 Å². The number of benzene rings is 1. The van der Waals surface area contributed by atoms with Gasteiger partial charge in [0.25, 0.3) is 0 Å². The Balaban J connectivity index is 3.09. The molecule has 0 aliphatic heterocycles. The third-order valence-corrected chi connectivity index (χ3v) is 7.02. The number of aliphatic hydroxyl groups is 1. The molecular formula is C12H17BrO4S. The van der Waals surface area contributed by atoms with Crippen molar-refractivity contribution in [2.24, 2.45) is 0 Å². The Kier molecular flexibility index (Phi) is 4.80. The van der Waals surface area contributed by atoms with Crippen LogP contribution < -0.4 is 4.74 Å². The number of sulfone groups is 1. The zero-order valence-electron chi connectivity index (χ0n) is 10.6. The van der Waals surface area contributed by atoms with Crippen molar-refractivity contribution < 1.29 is 18.3 Å². The van der Waals surface area contributed by atoms with Gasteiger partial charge in [-0.2, -0.15) is 0 Å². The number of methoxy groups -OCH3 is 1. The van der Waals surface area contributed by atoms with Gasteiger partial charge >= 0.3 is 0 Å². The molecule has 1 aromatic rings. The maximum absolute atomic E-state index is 11.9. The van der Waals surface area contributed by atoms with Crippen molar-refractivity contribution in [3.63, 3.8) is 0 Å². The highest BCUT2D eigenvalue weighted by atomic mass is 79.9. The van der Waals surface area contributed by atoms with E-state index in [-0.39, 0.29) is 5.75 Å². The summed E-state index contributed by atoms with van der Waals surface area (Å²) < 4.78 is 27.5. The Labute approximate surface area is 116 Å². The van der Waals surface area contributed by atoms with Crippen molar-refractivity contribution in [3.8, 4) is 5.75 Å². The summed E-state index contributed by atoms with van der Waals surface area (Å²) in [5.74, 6) is 0.614. The summed E-state index contributed by atoms with van der Waals surface area (Å²) >= 11 is 3.13. The van der Waals surface area contributed by atoms with Crippen LogP contribution in [0, 0.1) is 0 Å². The molecule has 0 heterocycles. The molecule has 1 rings (SSSR count). The Hall–Kier alpha value is -0.590. The standard InChI is InChI=1S/C12H17BrO4S/c1-4-18(15,16)12(2,13)11(14)9-5-7-10(17-3)8-6-9/h5-8,11,14H,4H2,1-3H3/t11-,12+/m0/s1. The first kappa shape index (κ1) is 15.5. The number of hydrogen-bond donors (Lipinski definition) is 1. The van der Waals surface area contributed by atoms with Gasteiger partial charge in [-0.3, -0.25) is 0 Å². The molecule has 0 radical (unpaired) electrons. The van der Waals surface area contributed by atoms with Crippen molar-refractivity contribution in [1.82, 2.24) is 0 Å². The van der Waals surface area contributed by atoms with E-state index >= 15 is 0 Å². The molecular weight excluding hydrogens is 320 g/mol. The molecule has 0 saturated carbocycles. The van der Waals surface area contributed by atoms with Crippen molar-refractivity contribution in [1.29, 1.82) is 0 Å². The highest BCUT2D eigenvalue weighted by Crippen LogP contribution is 2.39. The molecule has 1 N–H and O–H groups in total. The lowest BCUT2D eigenvalue weighted by molar-refractivity contribution is 0.167. The van der Waals surface area contributed by atoms with E-state index in [1.54, 1.807) is 38.3 Å². The van der Waals surface area contributed by atoms with Crippen LogP contribution in [0.3, 0.4) is 0 Å². The highest BCUT2D eigenvalue weighted by molar-refractivity contribution is 9.11. The van der Waals surface area contributed by atoms with E-state index in [0.29, 0.717) is 11.3 Å². The minimum atomic E-state index is -3.43. The van der Waals surface area contributed by atoms with Gasteiger partial charge in [-0.15, -0.1) is 0 Å². The lowest BCUT2D eigenvalue weighted by Crippen LogP contribution is -2.36. The molecule has 0 aliphatic carbocycles. The topological polar surface area (TPSA) is 63.6 Å². The fraction of sp³-hybridized carbons (Fsp3) is 0.500. The summed E-state index contributed by atoms with van der Waals surface area (Å²) in [5.41, 5.74) is 0.521. The van der Waals surface area contributed by atoms with Crippen molar-refractivity contribution in [2.75, 3.05) is 12.9 Å². The molecule has 102 valence electrons. The lowest BCUT2D eigenvalue weighted by Gasteiger charge is -2.28. The van der Waals surface area contributed by atoms with E-state index < -0.39 is 19.6 Å². The van der Waals surface area contributed by atoms with Crippen LogP contribution in [0.5, 0.6) is 5.75 Å². The van der Waals surface area contributed by atoms with Crippen LogP contribution in [-0.2, 0) is 9.84 Å². The number of aliphatic hydroxyl groups excluding tert-OH is 1. The van der Waals surface area contributed by atoms with Gasteiger partial charge in [-0.25, -0.2) is 8.42 Å². The summed E-state index contributed by atoms with van der Waals surface area (Å²) in [6, 6.07) is 6.66. The van der Waals surface area contributed by atoms with Gasteiger partial charge in [0.1, 0.15) is 11.9 Å². The van der Waals surface area contributed by atoms with Gasteiger partial charge < -0.3 is 9.84 Å². The highest BCUT2D eigenvalue weighted by Gasteiger charge is 2.42. The number of hydrogen-bond acceptors (Lipinski definition) is 4. The number of alkyl halides is 1. The zero-order valence-corrected chi connectivity index (χ0v) is 13.0. The quantitative estimate of drug-likeness (QED) is 0.838. The molecule has 0 unspecified atom stereocenters. The SMILES string of the molecule is CCS(=O)(=O)[C@@](C)(Br)[C@@H](O)c1ccc(OC)cc1. The fourth-order valence-electron chi connectivity index (χ4n) is 1.54. The summed E-state index contributed by atoms with van der Waals surface area (Å²) in [4.78, 5) is 0. The average Bonchev–Trinajstić information content (AvgIpc) is 2.37. The molecule has 0 saturated heterocycles. The van der Waals surface area contributed by atoms with Crippen LogP contribution in [-0.4, -0.2) is 30.0 Å². The maximum atomic E-state index is 11.9. The smallest absolute Gasteiger partial charge is 0.168 e. The van der Waals surface area contributed by atoms with Crippen LogP contribution in [0.1, 0.15) is 25.5 Å². The summed E-state index contributed by atoms with van der Waals surface area (Å²) in [6.07, 6.45) is -1.15. The van der Waals surface area contributed by atoms with Gasteiger partial charge in [-0.05, 0) is 24.6 Å². The number of halogens is 1. The first-order valence-corrected chi connectivity index (χ1v) is 7.94. The van der Waals surface area contributed by atoms with Gasteiger partial charge in [-0.1, -0.05) is 35.0 Å². The Morgan fingerprint density at radius 3 is 2.28 bits per heavy atom. The zero-order chi connectivity index (χ0) is 14.0. The average molecular weight is 337 g/mol. The predicted octanol–water partition coefficient (Wildman–Crippen LogP) is 2.27. The van der Waals surface area contributed by atoms with Crippen molar-refractivity contribution in [3.05, 3.63) is 29.8 Å². The Morgan fingerprint density at radius 2 is 1.89 bits per heavy atom. The minimum absolute atomic E-state index is 0.0397. The van der Waals surface area contributed by atoms with Crippen LogP contribution in [0.2, 0.25) is 0 Å². The van der Waals surface area contributed by atoms with E-state index in [1.165, 1.54) is 6.92 Å². The summed E-state index contributed by atoms with van der Waals surface area (Å²) in [7, 11) is -1.88. The van der Waals surface area contributed by atoms with Gasteiger partial charge in [0, 0.05) is 5.75 Å². The lowest BCUT2D eigenvalue weighted by atomic mass is 10.1. The largest absolute Gasteiger partial charge is 0.497 e. The second-order valence-corrected chi connectivity index (χ2v) is 8.89. The van der Waals surface area contributed by atoms with Crippen molar-refractivity contribution in [2.45, 2.75) is 23.6 Å². The normalized spacial score (nSPS) is 16.9. The van der Waals surface area contributed by atoms with Gasteiger partial charge in [0.2, 0.25) is 0 Å². The van der Waals surface area contributed by atoms with Gasteiger partial charge in [0.15, 0.2) is 13.5 Å². The molecule has 0 aliphatic rings. The fourth-order valence-corrected chi connectivity index (χ4v) is 3.53. The van der Waals surface area contributed by atoms with Gasteiger partial charge in [0.05, 0.1) is 7.11 Å². The second kappa shape index (κ2) is 5.59. The van der Waals surface area contributed by atoms with Crippen LogP contribution in [0.25, 0.3) is 0 Å². The molecule has 18 heavy (non-hydrogen) atoms. The molecule has 1 aromatic carbocycles. The van der Waals surface area contributed by atoms with Crippen LogP contribution in [0.4, 0.5) is 0 Å². The predicted molar refractivity (Wildman–Crippen MR) is 74.7 cm³/mol. The van der Waals surface area contributed by atoms with Crippen LogP contribution in [0.15, 0.2) is 24.3 Å². The summed E-state index contributed by atoms with van der Waals surface area (Å²) in [5, 5.41) is 10.2. The molecule has 0 spiro atoms. The molecule has 0 fully saturated rings. The monoisotopic (exact) mass is 336 g/mol. The molecule has 2 atom stereocenters. The molecule has 4 nitrogen and oxygen atoms in total. The van der Waals surface area contributed by atoms with Crippen LogP contribution >= 0.6 is 15.9 Å². The van der Waals surface area contributed by atoms with E-state index in [4.69, 9.17) is 4.74 Å². The first-order valence-electron chi connectivity index (χ1n) is 5.49.